The first-order valence-corrected chi connectivity index (χ1v) is 5.19. The Hall–Kier alpha value is -1.42. The number of hydrogen-bond donors (Lipinski definition) is 1. The zero-order chi connectivity index (χ0) is 10.8. The van der Waals surface area contributed by atoms with Gasteiger partial charge in [0.15, 0.2) is 0 Å². The fourth-order valence-corrected chi connectivity index (χ4v) is 1.77. The molecule has 0 fully saturated rings. The van der Waals surface area contributed by atoms with Crippen LogP contribution in [0.2, 0.25) is 0 Å². The number of aliphatic hydroxyl groups excluding tert-OH is 1. The Labute approximate surface area is 88.6 Å². The van der Waals surface area contributed by atoms with Crippen LogP contribution in [0.1, 0.15) is 19.5 Å². The van der Waals surface area contributed by atoms with E-state index in [2.05, 4.69) is 16.9 Å². The summed E-state index contributed by atoms with van der Waals surface area (Å²) in [6.45, 7) is 4.42. The lowest BCUT2D eigenvalue weighted by atomic mass is 10.2. The molecule has 80 valence electrons. The van der Waals surface area contributed by atoms with Crippen molar-refractivity contribution in [3.05, 3.63) is 24.3 Å². The fraction of sp³-hybridized carbons (Fsp3) is 0.455. The van der Waals surface area contributed by atoms with E-state index >= 15 is 0 Å². The minimum atomic E-state index is -0.361. The van der Waals surface area contributed by atoms with Gasteiger partial charge in [-0.25, -0.2) is 9.97 Å². The third kappa shape index (κ3) is 1.85. The summed E-state index contributed by atoms with van der Waals surface area (Å²) < 4.78 is 1.96. The Morgan fingerprint density at radius 3 is 2.93 bits per heavy atom. The van der Waals surface area contributed by atoms with Crippen LogP contribution in [-0.4, -0.2) is 25.7 Å². The highest BCUT2D eigenvalue weighted by atomic mass is 16.3. The Bertz CT molecular complexity index is 462. The Morgan fingerprint density at radius 2 is 2.27 bits per heavy atom. The van der Waals surface area contributed by atoms with Crippen molar-refractivity contribution in [3.63, 3.8) is 0 Å². The molecule has 2 rings (SSSR count). The van der Waals surface area contributed by atoms with Gasteiger partial charge in [-0.1, -0.05) is 6.92 Å². The van der Waals surface area contributed by atoms with Gasteiger partial charge in [-0.2, -0.15) is 0 Å². The van der Waals surface area contributed by atoms with Gasteiger partial charge >= 0.3 is 0 Å². The molecule has 0 radical (unpaired) electrons. The highest BCUT2D eigenvalue weighted by Gasteiger charge is 2.07. The van der Waals surface area contributed by atoms with Crippen LogP contribution < -0.4 is 0 Å². The minimum Gasteiger partial charge on any atom is -0.392 e. The van der Waals surface area contributed by atoms with Gasteiger partial charge in [0.05, 0.1) is 11.8 Å². The van der Waals surface area contributed by atoms with Crippen LogP contribution in [0.4, 0.5) is 0 Å². The molecular weight excluding hydrogens is 190 g/mol. The summed E-state index contributed by atoms with van der Waals surface area (Å²) in [5.74, 6) is 0. The van der Waals surface area contributed by atoms with Crippen molar-refractivity contribution in [2.24, 2.45) is 0 Å². The maximum Gasteiger partial charge on any atom is 0.143 e. The smallest absolute Gasteiger partial charge is 0.143 e. The molecule has 0 saturated heterocycles. The molecule has 4 heteroatoms. The number of aryl methyl sites for hydroxylation is 1. The van der Waals surface area contributed by atoms with E-state index in [-0.39, 0.29) is 6.10 Å². The third-order valence-corrected chi connectivity index (χ3v) is 2.43. The molecule has 0 aliphatic heterocycles. The van der Waals surface area contributed by atoms with Crippen molar-refractivity contribution >= 4 is 11.0 Å². The fourth-order valence-electron chi connectivity index (χ4n) is 1.77. The predicted molar refractivity (Wildman–Crippen MR) is 58.6 cm³/mol. The monoisotopic (exact) mass is 205 g/mol. The van der Waals surface area contributed by atoms with E-state index in [1.54, 1.807) is 13.3 Å². The molecule has 0 aromatic carbocycles. The molecule has 4 nitrogen and oxygen atoms in total. The van der Waals surface area contributed by atoms with E-state index in [1.165, 1.54) is 0 Å². The van der Waals surface area contributed by atoms with Gasteiger partial charge < -0.3 is 9.67 Å². The van der Waals surface area contributed by atoms with Crippen LogP contribution in [0.5, 0.6) is 0 Å². The Kier molecular flexibility index (Phi) is 2.68. The van der Waals surface area contributed by atoms with Crippen LogP contribution in [0, 0.1) is 0 Å². The Balaban J connectivity index is 2.51. The second-order valence-electron chi connectivity index (χ2n) is 3.73. The van der Waals surface area contributed by atoms with E-state index in [4.69, 9.17) is 0 Å². The summed E-state index contributed by atoms with van der Waals surface area (Å²) in [7, 11) is 0. The molecular formula is C11H15N3O. The number of aliphatic hydroxyl groups is 1. The van der Waals surface area contributed by atoms with Crippen LogP contribution >= 0.6 is 0 Å². The number of nitrogens with zero attached hydrogens (tertiary/aromatic N) is 3. The third-order valence-electron chi connectivity index (χ3n) is 2.43. The van der Waals surface area contributed by atoms with Crippen LogP contribution in [-0.2, 0) is 13.0 Å². The summed E-state index contributed by atoms with van der Waals surface area (Å²) >= 11 is 0. The van der Waals surface area contributed by atoms with E-state index in [0.717, 1.165) is 23.1 Å². The molecule has 15 heavy (non-hydrogen) atoms. The van der Waals surface area contributed by atoms with Crippen molar-refractivity contribution in [1.29, 1.82) is 0 Å². The largest absolute Gasteiger partial charge is 0.392 e. The zero-order valence-electron chi connectivity index (χ0n) is 9.01. The maximum atomic E-state index is 9.35. The summed E-state index contributed by atoms with van der Waals surface area (Å²) in [5, 5.41) is 10.4. The highest BCUT2D eigenvalue weighted by Crippen LogP contribution is 2.16. The van der Waals surface area contributed by atoms with E-state index in [1.807, 2.05) is 16.8 Å². The topological polar surface area (TPSA) is 50.9 Å². The van der Waals surface area contributed by atoms with Crippen molar-refractivity contribution in [2.45, 2.75) is 32.9 Å². The lowest BCUT2D eigenvalue weighted by Gasteiger charge is -2.07. The van der Waals surface area contributed by atoms with Crippen molar-refractivity contribution in [3.8, 4) is 0 Å². The molecule has 2 aromatic heterocycles. The highest BCUT2D eigenvalue weighted by molar-refractivity contribution is 5.78. The van der Waals surface area contributed by atoms with Gasteiger partial charge in [-0.15, -0.1) is 0 Å². The molecule has 1 N–H and O–H groups in total. The SMILES string of the molecule is CCc1ncnc2c1ccn2CC(C)O. The number of aromatic nitrogens is 3. The molecule has 2 aromatic rings. The maximum absolute atomic E-state index is 9.35. The molecule has 0 aliphatic carbocycles. The Morgan fingerprint density at radius 1 is 1.47 bits per heavy atom. The molecule has 1 unspecified atom stereocenters. The van der Waals surface area contributed by atoms with Gasteiger partial charge in [-0.05, 0) is 19.4 Å². The summed E-state index contributed by atoms with van der Waals surface area (Å²) in [5.41, 5.74) is 1.96. The van der Waals surface area contributed by atoms with E-state index in [0.29, 0.717) is 6.54 Å². The predicted octanol–water partition coefficient (Wildman–Crippen LogP) is 1.37. The van der Waals surface area contributed by atoms with Crippen molar-refractivity contribution in [1.82, 2.24) is 14.5 Å². The lowest BCUT2D eigenvalue weighted by molar-refractivity contribution is 0.175. The summed E-state index contributed by atoms with van der Waals surface area (Å²) in [6, 6.07) is 2.01. The van der Waals surface area contributed by atoms with Crippen molar-refractivity contribution in [2.75, 3.05) is 0 Å². The molecule has 2 heterocycles. The standard InChI is InChI=1S/C11H15N3O/c1-3-10-9-4-5-14(6-8(2)15)11(9)13-7-12-10/h4-5,7-8,15H,3,6H2,1-2H3. The van der Waals surface area contributed by atoms with Crippen LogP contribution in [0.25, 0.3) is 11.0 Å². The molecule has 0 spiro atoms. The quantitative estimate of drug-likeness (QED) is 0.823. The van der Waals surface area contributed by atoms with Gasteiger partial charge in [0.1, 0.15) is 12.0 Å². The summed E-state index contributed by atoms with van der Waals surface area (Å²) in [4.78, 5) is 8.47. The zero-order valence-corrected chi connectivity index (χ0v) is 9.01. The summed E-state index contributed by atoms with van der Waals surface area (Å²) in [6.07, 6.45) is 4.07. The number of fused-ring (bicyclic) bond motifs is 1. The van der Waals surface area contributed by atoms with Gasteiger partial charge in [0.2, 0.25) is 0 Å². The lowest BCUT2D eigenvalue weighted by Crippen LogP contribution is -2.11. The first kappa shape index (κ1) is 10.1. The second-order valence-corrected chi connectivity index (χ2v) is 3.73. The molecule has 0 amide bonds. The molecule has 0 saturated carbocycles. The number of hydrogen-bond acceptors (Lipinski definition) is 3. The van der Waals surface area contributed by atoms with Crippen LogP contribution in [0.15, 0.2) is 18.6 Å². The molecule has 0 aliphatic rings. The van der Waals surface area contributed by atoms with Crippen LogP contribution in [0.3, 0.4) is 0 Å². The first-order chi connectivity index (χ1) is 7.22. The average Bonchev–Trinajstić information content (AvgIpc) is 2.61. The normalized spacial score (nSPS) is 13.3. The van der Waals surface area contributed by atoms with Gasteiger partial charge in [0.25, 0.3) is 0 Å². The molecule has 1 atom stereocenters. The first-order valence-electron chi connectivity index (χ1n) is 5.19. The van der Waals surface area contributed by atoms with Gasteiger partial charge in [0, 0.05) is 18.1 Å². The number of rotatable bonds is 3. The average molecular weight is 205 g/mol. The van der Waals surface area contributed by atoms with E-state index < -0.39 is 0 Å². The van der Waals surface area contributed by atoms with E-state index in [9.17, 15) is 5.11 Å². The molecule has 0 bridgehead atoms. The van der Waals surface area contributed by atoms with Crippen molar-refractivity contribution < 1.29 is 5.11 Å². The van der Waals surface area contributed by atoms with Gasteiger partial charge in [-0.3, -0.25) is 0 Å². The second kappa shape index (κ2) is 3.98. The minimum absolute atomic E-state index is 0.361.